The molecule has 0 fully saturated rings. The van der Waals surface area contributed by atoms with E-state index < -0.39 is 23.0 Å². The van der Waals surface area contributed by atoms with Crippen LogP contribution in [0.4, 0.5) is 0 Å². The van der Waals surface area contributed by atoms with Gasteiger partial charge in [0.25, 0.3) is 5.91 Å². The van der Waals surface area contributed by atoms with Crippen molar-refractivity contribution in [3.63, 3.8) is 0 Å². The molecule has 2 aromatic carbocycles. The first kappa shape index (κ1) is 23.3. The van der Waals surface area contributed by atoms with Crippen molar-refractivity contribution >= 4 is 29.0 Å². The van der Waals surface area contributed by atoms with E-state index in [1.54, 1.807) is 23.7 Å². The number of benzene rings is 2. The second-order valence-corrected chi connectivity index (χ2v) is 7.37. The van der Waals surface area contributed by atoms with Gasteiger partial charge in [-0.15, -0.1) is 0 Å². The molecule has 160 valence electrons. The number of hydroxylamine groups is 1. The highest BCUT2D eigenvalue weighted by molar-refractivity contribution is 7.79. The molecule has 0 radical (unpaired) electrons. The predicted molar refractivity (Wildman–Crippen MR) is 113 cm³/mol. The van der Waals surface area contributed by atoms with Crippen LogP contribution in [-0.4, -0.2) is 44.2 Å². The van der Waals surface area contributed by atoms with Gasteiger partial charge < -0.3 is 14.6 Å². The van der Waals surface area contributed by atoms with Crippen molar-refractivity contribution in [1.29, 1.82) is 0 Å². The first-order valence-electron chi connectivity index (χ1n) is 9.26. The summed E-state index contributed by atoms with van der Waals surface area (Å²) < 4.78 is 26.0. The average molecular weight is 432 g/mol. The van der Waals surface area contributed by atoms with Gasteiger partial charge in [0.1, 0.15) is 5.75 Å². The molecule has 0 saturated heterocycles. The maximum Gasteiger partial charge on any atom is 0.274 e. The van der Waals surface area contributed by atoms with Crippen molar-refractivity contribution in [1.82, 2.24) is 10.8 Å². The van der Waals surface area contributed by atoms with Gasteiger partial charge >= 0.3 is 0 Å². The molecular weight excluding hydrogens is 408 g/mol. The predicted octanol–water partition coefficient (Wildman–Crippen LogP) is 2.38. The van der Waals surface area contributed by atoms with E-state index in [0.29, 0.717) is 30.8 Å². The Morgan fingerprint density at radius 2 is 1.80 bits per heavy atom. The minimum Gasteiger partial charge on any atom is -0.494 e. The lowest BCUT2D eigenvalue weighted by Crippen LogP contribution is -2.38. The summed E-state index contributed by atoms with van der Waals surface area (Å²) >= 11 is -2.04. The van der Waals surface area contributed by atoms with E-state index >= 15 is 0 Å². The molecule has 4 N–H and O–H groups in total. The summed E-state index contributed by atoms with van der Waals surface area (Å²) in [7, 11) is 0. The number of hydrogen-bond acceptors (Lipinski definition) is 5. The number of hydrogen-bond donors (Lipinski definition) is 4. The van der Waals surface area contributed by atoms with Gasteiger partial charge in [-0.05, 0) is 48.7 Å². The lowest BCUT2D eigenvalue weighted by Gasteiger charge is -2.16. The first-order chi connectivity index (χ1) is 14.5. The summed E-state index contributed by atoms with van der Waals surface area (Å²) in [6.07, 6.45) is 4.07. The Kier molecular flexibility index (Phi) is 9.72. The topological polar surface area (TPSA) is 125 Å². The van der Waals surface area contributed by atoms with Gasteiger partial charge in [-0.2, -0.15) is 0 Å². The summed E-state index contributed by atoms with van der Waals surface area (Å²) in [5.74, 6) is -0.483. The molecule has 2 aromatic rings. The van der Waals surface area contributed by atoms with Crippen LogP contribution in [0.3, 0.4) is 0 Å². The molecule has 2 rings (SSSR count). The van der Waals surface area contributed by atoms with Gasteiger partial charge in [0.05, 0.1) is 12.4 Å². The third-order valence-electron chi connectivity index (χ3n) is 4.10. The molecule has 30 heavy (non-hydrogen) atoms. The van der Waals surface area contributed by atoms with Crippen LogP contribution in [0.2, 0.25) is 0 Å². The molecule has 0 aromatic heterocycles. The van der Waals surface area contributed by atoms with Gasteiger partial charge in [-0.3, -0.25) is 14.8 Å². The van der Waals surface area contributed by atoms with E-state index in [1.807, 2.05) is 30.3 Å². The monoisotopic (exact) mass is 432 g/mol. The summed E-state index contributed by atoms with van der Waals surface area (Å²) in [4.78, 5) is 23.4. The quantitative estimate of drug-likeness (QED) is 0.142. The van der Waals surface area contributed by atoms with Gasteiger partial charge in [-0.25, -0.2) is 9.69 Å². The van der Waals surface area contributed by atoms with Gasteiger partial charge in [-0.1, -0.05) is 30.3 Å². The molecule has 0 spiro atoms. The zero-order valence-corrected chi connectivity index (χ0v) is 17.0. The summed E-state index contributed by atoms with van der Waals surface area (Å²) in [6, 6.07) is 15.1. The summed E-state index contributed by atoms with van der Waals surface area (Å²) in [6.45, 7) is 0.329. The summed E-state index contributed by atoms with van der Waals surface area (Å²) in [5, 5.41) is 11.3. The molecule has 0 bridgehead atoms. The van der Waals surface area contributed by atoms with Gasteiger partial charge in [0.2, 0.25) is 5.91 Å². The maximum atomic E-state index is 12.1. The minimum absolute atomic E-state index is 0.0735. The highest BCUT2D eigenvalue weighted by Crippen LogP contribution is 2.13. The van der Waals surface area contributed by atoms with Gasteiger partial charge in [0.15, 0.2) is 11.1 Å². The zero-order chi connectivity index (χ0) is 21.8. The molecule has 1 unspecified atom stereocenters. The normalized spacial score (nSPS) is 12.9. The number of rotatable bonds is 11. The van der Waals surface area contributed by atoms with Crippen molar-refractivity contribution in [3.8, 4) is 5.75 Å². The molecule has 2 amide bonds. The van der Waals surface area contributed by atoms with E-state index in [-0.39, 0.29) is 11.7 Å². The lowest BCUT2D eigenvalue weighted by molar-refractivity contribution is -0.117. The molecule has 0 saturated carbocycles. The Labute approximate surface area is 177 Å². The van der Waals surface area contributed by atoms with Crippen LogP contribution in [0.15, 0.2) is 60.7 Å². The average Bonchev–Trinajstić information content (AvgIpc) is 2.75. The van der Waals surface area contributed by atoms with Crippen LogP contribution in [0.25, 0.3) is 6.08 Å². The standard InChI is InChI=1S/C21H24N2O6S/c24-20(13-8-16-5-2-1-3-6-16)22-18(15-30(27)28)7-4-14-29-19-11-9-17(10-12-19)21(25)23-26/h1-3,5-6,8-13,18,26H,4,7,14-15H2,(H,22,24)(H,23,25)(H,27,28)/b13-8+/t18-/m1/s1. The van der Waals surface area contributed by atoms with E-state index in [1.165, 1.54) is 18.2 Å². The van der Waals surface area contributed by atoms with E-state index in [2.05, 4.69) is 5.32 Å². The maximum absolute atomic E-state index is 12.1. The lowest BCUT2D eigenvalue weighted by atomic mass is 10.1. The highest BCUT2D eigenvalue weighted by Gasteiger charge is 2.14. The van der Waals surface area contributed by atoms with Crippen molar-refractivity contribution in [2.75, 3.05) is 12.4 Å². The van der Waals surface area contributed by atoms with Crippen LogP contribution < -0.4 is 15.5 Å². The summed E-state index contributed by atoms with van der Waals surface area (Å²) in [5.41, 5.74) is 2.72. The van der Waals surface area contributed by atoms with Crippen LogP contribution in [0, 0.1) is 0 Å². The SMILES string of the molecule is O=C(/C=C/c1ccccc1)N[C@H](CCCOc1ccc(C(=O)NO)cc1)CS(=O)O. The number of carbonyl (C=O) groups excluding carboxylic acids is 2. The Balaban J connectivity index is 1.80. The Morgan fingerprint density at radius 1 is 1.10 bits per heavy atom. The second kappa shape index (κ2) is 12.5. The number of nitrogens with one attached hydrogen (secondary N) is 2. The first-order valence-corrected chi connectivity index (χ1v) is 10.5. The zero-order valence-electron chi connectivity index (χ0n) is 16.2. The number of amides is 2. The largest absolute Gasteiger partial charge is 0.494 e. The number of carbonyl (C=O) groups is 2. The minimum atomic E-state index is -2.04. The Morgan fingerprint density at radius 3 is 2.43 bits per heavy atom. The van der Waals surface area contributed by atoms with E-state index in [4.69, 9.17) is 9.94 Å². The van der Waals surface area contributed by atoms with Crippen molar-refractivity contribution < 1.29 is 28.3 Å². The van der Waals surface area contributed by atoms with Crippen molar-refractivity contribution in [2.45, 2.75) is 18.9 Å². The highest BCUT2D eigenvalue weighted by atomic mass is 32.2. The van der Waals surface area contributed by atoms with Gasteiger partial charge in [0, 0.05) is 17.7 Å². The third kappa shape index (κ3) is 8.56. The molecule has 0 aliphatic carbocycles. The van der Waals surface area contributed by atoms with Crippen molar-refractivity contribution in [2.24, 2.45) is 0 Å². The number of ether oxygens (including phenoxy) is 1. The van der Waals surface area contributed by atoms with Crippen LogP contribution >= 0.6 is 0 Å². The molecular formula is C21H24N2O6S. The van der Waals surface area contributed by atoms with Crippen LogP contribution in [0.1, 0.15) is 28.8 Å². The fourth-order valence-corrected chi connectivity index (χ4v) is 3.24. The smallest absolute Gasteiger partial charge is 0.274 e. The molecule has 8 nitrogen and oxygen atoms in total. The van der Waals surface area contributed by atoms with E-state index in [9.17, 15) is 18.4 Å². The fourth-order valence-electron chi connectivity index (χ4n) is 2.64. The van der Waals surface area contributed by atoms with Crippen LogP contribution in [-0.2, 0) is 15.9 Å². The molecule has 9 heteroatoms. The van der Waals surface area contributed by atoms with Crippen molar-refractivity contribution in [3.05, 3.63) is 71.8 Å². The molecule has 0 heterocycles. The Hall–Kier alpha value is -3.01. The third-order valence-corrected chi connectivity index (χ3v) is 4.79. The second-order valence-electron chi connectivity index (χ2n) is 6.39. The molecule has 2 atom stereocenters. The van der Waals surface area contributed by atoms with Crippen LogP contribution in [0.5, 0.6) is 5.75 Å². The fraction of sp³-hybridized carbons (Fsp3) is 0.238. The molecule has 0 aliphatic heterocycles. The Bertz CT molecular complexity index is 871. The van der Waals surface area contributed by atoms with E-state index in [0.717, 1.165) is 5.56 Å². The molecule has 0 aliphatic rings.